The fraction of sp³-hybridized carbons (Fsp3) is 0.118. The molecule has 0 atom stereocenters. The summed E-state index contributed by atoms with van der Waals surface area (Å²) < 4.78 is 0. The van der Waals surface area contributed by atoms with Crippen molar-refractivity contribution < 1.29 is 4.79 Å². The highest BCUT2D eigenvalue weighted by Crippen LogP contribution is 2.34. The number of rotatable bonds is 0. The van der Waals surface area contributed by atoms with Crippen molar-refractivity contribution in [2.45, 2.75) is 12.8 Å². The average Bonchev–Trinajstić information content (AvgIpc) is 2.80. The number of carbonyl (C=O) groups is 1. The molecule has 3 aromatic rings. The maximum atomic E-state index is 12.1. The van der Waals surface area contributed by atoms with Gasteiger partial charge < -0.3 is 0 Å². The minimum atomic E-state index is 0.298. The SMILES string of the molecule is O=C1CCc2ccc3ccc4ccccc4c3c21. The third-order valence-corrected chi connectivity index (χ3v) is 3.90. The van der Waals surface area contributed by atoms with Gasteiger partial charge >= 0.3 is 0 Å². The molecule has 86 valence electrons. The molecule has 0 heterocycles. The van der Waals surface area contributed by atoms with E-state index in [0.717, 1.165) is 17.4 Å². The molecule has 4 rings (SSSR count). The first-order valence-electron chi connectivity index (χ1n) is 6.31. The second kappa shape index (κ2) is 3.42. The van der Waals surface area contributed by atoms with Crippen molar-refractivity contribution in [1.29, 1.82) is 0 Å². The second-order valence-electron chi connectivity index (χ2n) is 4.91. The largest absolute Gasteiger partial charge is 0.294 e. The summed E-state index contributed by atoms with van der Waals surface area (Å²) in [6.07, 6.45) is 1.56. The first-order chi connectivity index (χ1) is 8.84. The van der Waals surface area contributed by atoms with E-state index in [4.69, 9.17) is 0 Å². The fourth-order valence-electron chi connectivity index (χ4n) is 3.04. The van der Waals surface area contributed by atoms with E-state index in [1.165, 1.54) is 21.7 Å². The van der Waals surface area contributed by atoms with E-state index >= 15 is 0 Å². The molecule has 0 unspecified atom stereocenters. The maximum absolute atomic E-state index is 12.1. The lowest BCUT2D eigenvalue weighted by Gasteiger charge is -2.08. The van der Waals surface area contributed by atoms with Crippen LogP contribution in [0.2, 0.25) is 0 Å². The fourth-order valence-corrected chi connectivity index (χ4v) is 3.04. The van der Waals surface area contributed by atoms with E-state index in [9.17, 15) is 4.79 Å². The van der Waals surface area contributed by atoms with Crippen molar-refractivity contribution in [1.82, 2.24) is 0 Å². The Labute approximate surface area is 105 Å². The molecule has 1 aliphatic carbocycles. The Morgan fingerprint density at radius 3 is 2.50 bits per heavy atom. The lowest BCUT2D eigenvalue weighted by atomic mass is 9.95. The van der Waals surface area contributed by atoms with Crippen LogP contribution in [0.4, 0.5) is 0 Å². The van der Waals surface area contributed by atoms with Gasteiger partial charge in [-0.15, -0.1) is 0 Å². The Morgan fingerprint density at radius 2 is 1.56 bits per heavy atom. The molecule has 0 spiro atoms. The number of hydrogen-bond donors (Lipinski definition) is 0. The molecule has 0 aromatic heterocycles. The van der Waals surface area contributed by atoms with Gasteiger partial charge in [-0.1, -0.05) is 48.5 Å². The van der Waals surface area contributed by atoms with Gasteiger partial charge in [-0.05, 0) is 28.1 Å². The zero-order chi connectivity index (χ0) is 12.1. The third kappa shape index (κ3) is 1.19. The third-order valence-electron chi connectivity index (χ3n) is 3.90. The molecular formula is C17H12O. The monoisotopic (exact) mass is 232 g/mol. The van der Waals surface area contributed by atoms with Crippen LogP contribution in [0, 0.1) is 0 Å². The van der Waals surface area contributed by atoms with E-state index in [0.29, 0.717) is 12.2 Å². The molecule has 3 aromatic carbocycles. The van der Waals surface area contributed by atoms with Crippen molar-refractivity contribution >= 4 is 27.3 Å². The standard InChI is InChI=1S/C17H12O/c18-15-10-9-13-8-7-12-6-5-11-3-1-2-4-14(11)16(12)17(13)15/h1-8H,9-10H2. The van der Waals surface area contributed by atoms with Gasteiger partial charge in [0.2, 0.25) is 0 Å². The number of benzene rings is 3. The summed E-state index contributed by atoms with van der Waals surface area (Å²) in [5, 5.41) is 4.72. The molecule has 0 amide bonds. The van der Waals surface area contributed by atoms with Crippen LogP contribution in [0.25, 0.3) is 21.5 Å². The van der Waals surface area contributed by atoms with Crippen LogP contribution in [-0.2, 0) is 6.42 Å². The minimum absolute atomic E-state index is 0.298. The van der Waals surface area contributed by atoms with Crippen molar-refractivity contribution in [2.24, 2.45) is 0 Å². The van der Waals surface area contributed by atoms with E-state index in [1.807, 2.05) is 12.1 Å². The van der Waals surface area contributed by atoms with E-state index in [1.54, 1.807) is 0 Å². The molecule has 0 saturated heterocycles. The molecule has 0 aliphatic heterocycles. The summed E-state index contributed by atoms with van der Waals surface area (Å²) >= 11 is 0. The predicted octanol–water partition coefficient (Wildman–Crippen LogP) is 4.12. The molecule has 1 heteroatoms. The minimum Gasteiger partial charge on any atom is -0.294 e. The summed E-state index contributed by atoms with van der Waals surface area (Å²) in [5.41, 5.74) is 2.17. The van der Waals surface area contributed by atoms with Crippen molar-refractivity contribution in [2.75, 3.05) is 0 Å². The Balaban J connectivity index is 2.30. The highest BCUT2D eigenvalue weighted by atomic mass is 16.1. The van der Waals surface area contributed by atoms with Crippen LogP contribution < -0.4 is 0 Å². The van der Waals surface area contributed by atoms with Crippen LogP contribution in [-0.4, -0.2) is 5.78 Å². The van der Waals surface area contributed by atoms with Crippen molar-refractivity contribution in [3.8, 4) is 0 Å². The van der Waals surface area contributed by atoms with E-state index in [-0.39, 0.29) is 0 Å². The average molecular weight is 232 g/mol. The number of hydrogen-bond acceptors (Lipinski definition) is 1. The smallest absolute Gasteiger partial charge is 0.164 e. The Bertz CT molecular complexity index is 799. The maximum Gasteiger partial charge on any atom is 0.164 e. The van der Waals surface area contributed by atoms with Crippen LogP contribution in [0.1, 0.15) is 22.3 Å². The number of fused-ring (bicyclic) bond motifs is 5. The van der Waals surface area contributed by atoms with Gasteiger partial charge in [0, 0.05) is 17.4 Å². The molecule has 0 saturated carbocycles. The van der Waals surface area contributed by atoms with Gasteiger partial charge in [-0.2, -0.15) is 0 Å². The first-order valence-corrected chi connectivity index (χ1v) is 6.31. The van der Waals surface area contributed by atoms with Gasteiger partial charge in [-0.3, -0.25) is 4.79 Å². The van der Waals surface area contributed by atoms with Gasteiger partial charge in [0.05, 0.1) is 0 Å². The van der Waals surface area contributed by atoms with E-state index in [2.05, 4.69) is 36.4 Å². The highest BCUT2D eigenvalue weighted by molar-refractivity contribution is 6.20. The number of Topliss-reactive ketones (excluding diaryl/α,β-unsaturated/α-hetero) is 1. The van der Waals surface area contributed by atoms with Crippen LogP contribution in [0.5, 0.6) is 0 Å². The summed E-state index contributed by atoms with van der Waals surface area (Å²) in [6, 6.07) is 16.8. The Hall–Kier alpha value is -2.15. The van der Waals surface area contributed by atoms with Crippen LogP contribution >= 0.6 is 0 Å². The van der Waals surface area contributed by atoms with Crippen LogP contribution in [0.3, 0.4) is 0 Å². The molecule has 1 nitrogen and oxygen atoms in total. The summed E-state index contributed by atoms with van der Waals surface area (Å²) in [6.45, 7) is 0. The molecule has 18 heavy (non-hydrogen) atoms. The predicted molar refractivity (Wildman–Crippen MR) is 74.1 cm³/mol. The quantitative estimate of drug-likeness (QED) is 0.533. The summed E-state index contributed by atoms with van der Waals surface area (Å²) in [5.74, 6) is 0.298. The Kier molecular flexibility index (Phi) is 1.87. The number of carbonyl (C=O) groups excluding carboxylic acids is 1. The molecule has 0 bridgehead atoms. The second-order valence-corrected chi connectivity index (χ2v) is 4.91. The van der Waals surface area contributed by atoms with Gasteiger partial charge in [0.25, 0.3) is 0 Å². The van der Waals surface area contributed by atoms with E-state index < -0.39 is 0 Å². The highest BCUT2D eigenvalue weighted by Gasteiger charge is 2.22. The van der Waals surface area contributed by atoms with Gasteiger partial charge in [-0.25, -0.2) is 0 Å². The molecule has 1 aliphatic rings. The lowest BCUT2D eigenvalue weighted by Crippen LogP contribution is -1.94. The van der Waals surface area contributed by atoms with Gasteiger partial charge in [0.1, 0.15) is 0 Å². The van der Waals surface area contributed by atoms with Gasteiger partial charge in [0.15, 0.2) is 5.78 Å². The zero-order valence-corrected chi connectivity index (χ0v) is 9.94. The molecule has 0 N–H and O–H groups in total. The number of ketones is 1. The first kappa shape index (κ1) is 9.84. The summed E-state index contributed by atoms with van der Waals surface area (Å²) in [4.78, 5) is 12.1. The normalized spacial score (nSPS) is 14.3. The van der Waals surface area contributed by atoms with Crippen LogP contribution in [0.15, 0.2) is 48.5 Å². The molecular weight excluding hydrogens is 220 g/mol. The summed E-state index contributed by atoms with van der Waals surface area (Å²) in [7, 11) is 0. The Morgan fingerprint density at radius 1 is 0.778 bits per heavy atom. The van der Waals surface area contributed by atoms with Crippen molar-refractivity contribution in [3.63, 3.8) is 0 Å². The lowest BCUT2D eigenvalue weighted by molar-refractivity contribution is 0.0996. The topological polar surface area (TPSA) is 17.1 Å². The van der Waals surface area contributed by atoms with Crippen molar-refractivity contribution in [3.05, 3.63) is 59.7 Å². The zero-order valence-electron chi connectivity index (χ0n) is 9.94. The molecule has 0 radical (unpaired) electrons. The molecule has 0 fully saturated rings. The number of aryl methyl sites for hydroxylation is 1.